The lowest BCUT2D eigenvalue weighted by atomic mass is 9.98. The minimum atomic E-state index is -0.336. The van der Waals surface area contributed by atoms with Gasteiger partial charge in [0.05, 0.1) is 30.3 Å². The van der Waals surface area contributed by atoms with Crippen molar-refractivity contribution in [2.24, 2.45) is 5.10 Å². The van der Waals surface area contributed by atoms with Crippen LogP contribution >= 0.6 is 27.7 Å². The van der Waals surface area contributed by atoms with Gasteiger partial charge in [-0.2, -0.15) is 5.10 Å². The van der Waals surface area contributed by atoms with Crippen LogP contribution in [0.25, 0.3) is 0 Å². The average molecular weight is 684 g/mol. The summed E-state index contributed by atoms with van der Waals surface area (Å²) in [6.07, 6.45) is 2.81. The summed E-state index contributed by atoms with van der Waals surface area (Å²) in [7, 11) is 0. The highest BCUT2D eigenvalue weighted by molar-refractivity contribution is 9.10. The topological polar surface area (TPSA) is 106 Å². The first-order chi connectivity index (χ1) is 21.9. The second-order valence-electron chi connectivity index (χ2n) is 10.7. The number of carbonyl (C=O) groups is 2. The summed E-state index contributed by atoms with van der Waals surface area (Å²) in [4.78, 5) is 26.3. The fourth-order valence-electron chi connectivity index (χ4n) is 5.12. The Morgan fingerprint density at radius 3 is 2.49 bits per heavy atom. The Labute approximate surface area is 273 Å². The lowest BCUT2D eigenvalue weighted by Gasteiger charge is -2.22. The molecule has 0 radical (unpaired) electrons. The van der Waals surface area contributed by atoms with Crippen LogP contribution in [0.3, 0.4) is 0 Å². The second kappa shape index (κ2) is 14.1. The number of halogens is 1. The summed E-state index contributed by atoms with van der Waals surface area (Å²) < 4.78 is 8.16. The molecule has 6 rings (SSSR count). The molecule has 0 spiro atoms. The van der Waals surface area contributed by atoms with Gasteiger partial charge < -0.3 is 14.3 Å². The molecule has 228 valence electrons. The number of furan rings is 1. The van der Waals surface area contributed by atoms with Crippen LogP contribution in [0.2, 0.25) is 0 Å². The summed E-state index contributed by atoms with van der Waals surface area (Å²) in [6, 6.07) is 29.4. The minimum absolute atomic E-state index is 0.122. The van der Waals surface area contributed by atoms with Gasteiger partial charge in [-0.1, -0.05) is 100.0 Å². The molecular formula is C34H31BrN6O3S. The SMILES string of the molecule is Cc1ccc(C2CC(c3ccc(Br)cc3)=NN2C(=O)CSc2nnc(CNC(=O)c3ccco3)n2CCc2ccccc2)cc1. The number of nitrogens with zero attached hydrogens (tertiary/aromatic N) is 5. The van der Waals surface area contributed by atoms with Crippen LogP contribution in [0.15, 0.2) is 116 Å². The Morgan fingerprint density at radius 2 is 1.76 bits per heavy atom. The molecule has 0 saturated heterocycles. The molecular weight excluding hydrogens is 652 g/mol. The van der Waals surface area contributed by atoms with Gasteiger partial charge in [0.1, 0.15) is 0 Å². The van der Waals surface area contributed by atoms with Crippen LogP contribution in [-0.2, 0) is 24.3 Å². The van der Waals surface area contributed by atoms with E-state index in [0.717, 1.165) is 38.9 Å². The molecule has 1 aliphatic heterocycles. The zero-order valence-electron chi connectivity index (χ0n) is 24.6. The van der Waals surface area contributed by atoms with Crippen molar-refractivity contribution >= 4 is 45.2 Å². The predicted molar refractivity (Wildman–Crippen MR) is 177 cm³/mol. The maximum Gasteiger partial charge on any atom is 0.287 e. The molecule has 1 atom stereocenters. The Kier molecular flexibility index (Phi) is 9.56. The zero-order chi connectivity index (χ0) is 31.2. The number of aromatic nitrogens is 3. The quantitative estimate of drug-likeness (QED) is 0.158. The first-order valence-electron chi connectivity index (χ1n) is 14.6. The predicted octanol–water partition coefficient (Wildman–Crippen LogP) is 6.58. The van der Waals surface area contributed by atoms with E-state index >= 15 is 0 Å². The van der Waals surface area contributed by atoms with Crippen LogP contribution < -0.4 is 5.32 Å². The number of hydrazone groups is 1. The number of amides is 2. The Balaban J connectivity index is 1.21. The van der Waals surface area contributed by atoms with Crippen molar-refractivity contribution in [2.45, 2.75) is 44.1 Å². The van der Waals surface area contributed by atoms with Crippen molar-refractivity contribution in [3.05, 3.63) is 136 Å². The molecule has 0 bridgehead atoms. The van der Waals surface area contributed by atoms with E-state index in [1.54, 1.807) is 17.1 Å². The summed E-state index contributed by atoms with van der Waals surface area (Å²) in [5.74, 6) is 0.486. The molecule has 3 aromatic carbocycles. The third-order valence-corrected chi connectivity index (χ3v) is 9.02. The third-order valence-electron chi connectivity index (χ3n) is 7.54. The number of benzene rings is 3. The van der Waals surface area contributed by atoms with Crippen molar-refractivity contribution in [3.63, 3.8) is 0 Å². The zero-order valence-corrected chi connectivity index (χ0v) is 27.0. The molecule has 0 fully saturated rings. The maximum atomic E-state index is 13.8. The Morgan fingerprint density at radius 1 is 0.978 bits per heavy atom. The van der Waals surface area contributed by atoms with Gasteiger partial charge in [-0.05, 0) is 54.3 Å². The van der Waals surface area contributed by atoms with E-state index in [1.165, 1.54) is 18.0 Å². The van der Waals surface area contributed by atoms with E-state index in [2.05, 4.69) is 67.8 Å². The van der Waals surface area contributed by atoms with Crippen molar-refractivity contribution in [2.75, 3.05) is 5.75 Å². The number of aryl methyl sites for hydroxylation is 2. The normalized spacial score (nSPS) is 14.4. The summed E-state index contributed by atoms with van der Waals surface area (Å²) in [6.45, 7) is 2.80. The highest BCUT2D eigenvalue weighted by Gasteiger charge is 2.33. The first-order valence-corrected chi connectivity index (χ1v) is 16.3. The number of carbonyl (C=O) groups excluding carboxylic acids is 2. The van der Waals surface area contributed by atoms with Crippen LogP contribution in [-0.4, -0.2) is 43.1 Å². The number of rotatable bonds is 11. The molecule has 0 aliphatic carbocycles. The van der Waals surface area contributed by atoms with Crippen molar-refractivity contribution in [1.29, 1.82) is 0 Å². The van der Waals surface area contributed by atoms with E-state index in [1.807, 2.05) is 54.0 Å². The van der Waals surface area contributed by atoms with Gasteiger partial charge in [-0.25, -0.2) is 5.01 Å². The maximum absolute atomic E-state index is 13.8. The summed E-state index contributed by atoms with van der Waals surface area (Å²) >= 11 is 4.82. The van der Waals surface area contributed by atoms with E-state index < -0.39 is 0 Å². The molecule has 1 N–H and O–H groups in total. The van der Waals surface area contributed by atoms with Crippen molar-refractivity contribution in [3.8, 4) is 0 Å². The minimum Gasteiger partial charge on any atom is -0.459 e. The summed E-state index contributed by atoms with van der Waals surface area (Å²) in [5.41, 5.74) is 5.21. The Bertz CT molecular complexity index is 1790. The monoisotopic (exact) mass is 682 g/mol. The van der Waals surface area contributed by atoms with Gasteiger partial charge in [0, 0.05) is 17.4 Å². The number of hydrogen-bond donors (Lipinski definition) is 1. The number of thioether (sulfide) groups is 1. The molecule has 11 heteroatoms. The molecule has 1 aliphatic rings. The number of hydrogen-bond acceptors (Lipinski definition) is 7. The van der Waals surface area contributed by atoms with Crippen molar-refractivity contribution < 1.29 is 14.0 Å². The van der Waals surface area contributed by atoms with Gasteiger partial charge >= 0.3 is 0 Å². The molecule has 3 heterocycles. The van der Waals surface area contributed by atoms with Crippen LogP contribution in [0, 0.1) is 6.92 Å². The molecule has 9 nitrogen and oxygen atoms in total. The largest absolute Gasteiger partial charge is 0.459 e. The van der Waals surface area contributed by atoms with E-state index in [-0.39, 0.29) is 35.9 Å². The molecule has 45 heavy (non-hydrogen) atoms. The molecule has 1 unspecified atom stereocenters. The third kappa shape index (κ3) is 7.43. The second-order valence-corrected chi connectivity index (χ2v) is 12.5. The van der Waals surface area contributed by atoms with Crippen LogP contribution in [0.1, 0.15) is 51.1 Å². The van der Waals surface area contributed by atoms with Gasteiger partial charge in [0.15, 0.2) is 16.7 Å². The summed E-state index contributed by atoms with van der Waals surface area (Å²) in [5, 5.41) is 18.7. The average Bonchev–Trinajstić information content (AvgIpc) is 3.84. The van der Waals surface area contributed by atoms with Crippen LogP contribution in [0.4, 0.5) is 0 Å². The highest BCUT2D eigenvalue weighted by atomic mass is 79.9. The van der Waals surface area contributed by atoms with Gasteiger partial charge in [0.25, 0.3) is 11.8 Å². The molecule has 0 saturated carbocycles. The van der Waals surface area contributed by atoms with Gasteiger partial charge in [0.2, 0.25) is 0 Å². The van der Waals surface area contributed by atoms with E-state index in [4.69, 9.17) is 9.52 Å². The lowest BCUT2D eigenvalue weighted by Crippen LogP contribution is -2.28. The smallest absolute Gasteiger partial charge is 0.287 e. The fraction of sp³-hybridized carbons (Fsp3) is 0.206. The lowest BCUT2D eigenvalue weighted by molar-refractivity contribution is -0.130. The fourth-order valence-corrected chi connectivity index (χ4v) is 6.22. The van der Waals surface area contributed by atoms with E-state index in [0.29, 0.717) is 23.9 Å². The standard InChI is InChI=1S/C34H31BrN6O3S/c1-23-9-11-26(12-10-23)29-20-28(25-13-15-27(35)16-14-25)39-41(29)32(42)22-45-34-38-37-31(21-36-33(43)30-8-5-19-44-30)40(34)18-17-24-6-3-2-4-7-24/h2-16,19,29H,17-18,20-22H2,1H3,(H,36,43). The molecule has 2 aromatic heterocycles. The van der Waals surface area contributed by atoms with E-state index in [9.17, 15) is 9.59 Å². The Hall–Kier alpha value is -4.48. The first kappa shape index (κ1) is 30.5. The van der Waals surface area contributed by atoms with Crippen LogP contribution in [0.5, 0.6) is 0 Å². The highest BCUT2D eigenvalue weighted by Crippen LogP contribution is 2.34. The van der Waals surface area contributed by atoms with Gasteiger partial charge in [-0.15, -0.1) is 10.2 Å². The molecule has 5 aromatic rings. The van der Waals surface area contributed by atoms with Crippen molar-refractivity contribution in [1.82, 2.24) is 25.1 Å². The molecule has 2 amide bonds. The number of nitrogens with one attached hydrogen (secondary N) is 1. The van der Waals surface area contributed by atoms with Gasteiger partial charge in [-0.3, -0.25) is 9.59 Å².